The maximum Gasteiger partial charge on any atom is 0.406 e. The summed E-state index contributed by atoms with van der Waals surface area (Å²) >= 11 is 0. The molecule has 0 radical (unpaired) electrons. The number of hydrogen-bond acceptors (Lipinski definition) is 3. The van der Waals surface area contributed by atoms with Gasteiger partial charge in [0.05, 0.1) is 18.7 Å². The second-order valence-corrected chi connectivity index (χ2v) is 5.82. The highest BCUT2D eigenvalue weighted by Crippen LogP contribution is 2.45. The third-order valence-corrected chi connectivity index (χ3v) is 4.17. The molecule has 3 rings (SSSR count). The monoisotopic (exact) mass is 353 g/mol. The van der Waals surface area contributed by atoms with E-state index in [1.54, 1.807) is 18.2 Å². The van der Waals surface area contributed by atoms with E-state index in [0.29, 0.717) is 16.0 Å². The van der Waals surface area contributed by atoms with Crippen LogP contribution in [0.2, 0.25) is 0 Å². The molecule has 6 nitrogen and oxygen atoms in total. The van der Waals surface area contributed by atoms with Gasteiger partial charge in [0.25, 0.3) is 5.91 Å². The van der Waals surface area contributed by atoms with Crippen molar-refractivity contribution in [3.05, 3.63) is 53.3 Å². The van der Waals surface area contributed by atoms with Gasteiger partial charge in [-0.05, 0) is 11.6 Å². The number of hydrogen-bond donors (Lipinski definition) is 2. The first-order chi connectivity index (χ1) is 11.8. The topological polar surface area (TPSA) is 86.3 Å². The highest BCUT2D eigenvalue weighted by atomic mass is 19.4. The molecule has 0 saturated heterocycles. The summed E-state index contributed by atoms with van der Waals surface area (Å²) in [5, 5.41) is 15.5. The summed E-state index contributed by atoms with van der Waals surface area (Å²) in [5.74, 6) is -2.75. The molecule has 1 aromatic heterocycles. The number of aliphatic carboxylic acids is 1. The summed E-state index contributed by atoms with van der Waals surface area (Å²) in [7, 11) is 0. The number of nitrogens with zero attached hydrogens (tertiary/aromatic N) is 2. The largest absolute Gasteiger partial charge is 0.481 e. The van der Waals surface area contributed by atoms with Crippen LogP contribution in [0, 0.1) is 0 Å². The van der Waals surface area contributed by atoms with Crippen LogP contribution < -0.4 is 0 Å². The smallest absolute Gasteiger partial charge is 0.406 e. The third-order valence-electron chi connectivity index (χ3n) is 4.17. The van der Waals surface area contributed by atoms with Crippen molar-refractivity contribution in [3.63, 3.8) is 0 Å². The van der Waals surface area contributed by atoms with E-state index in [1.165, 1.54) is 18.5 Å². The van der Waals surface area contributed by atoms with Crippen LogP contribution in [0.15, 0.2) is 36.7 Å². The summed E-state index contributed by atoms with van der Waals surface area (Å²) in [5.41, 5.74) is 0.857. The lowest BCUT2D eigenvalue weighted by Crippen LogP contribution is -2.47. The lowest BCUT2D eigenvalue weighted by Gasteiger charge is -2.41. The molecule has 1 amide bonds. The SMILES string of the molecule is O=C(O)CC1c2ccccc2C(=O)N(CC(F)(F)F)C1c1cn[nH]c1. The number of carboxylic acids is 1. The summed E-state index contributed by atoms with van der Waals surface area (Å²) in [4.78, 5) is 24.7. The standard InChI is InChI=1S/C16H14F3N3O3/c17-16(18,19)8-22-14(9-6-20-21-7-9)12(5-13(23)24)10-3-1-2-4-11(10)15(22)25/h1-4,6-7,12,14H,5,8H2,(H,20,21)(H,23,24). The lowest BCUT2D eigenvalue weighted by atomic mass is 9.78. The molecule has 1 aromatic carbocycles. The number of alkyl halides is 3. The van der Waals surface area contributed by atoms with E-state index in [2.05, 4.69) is 10.2 Å². The van der Waals surface area contributed by atoms with Gasteiger partial charge >= 0.3 is 12.1 Å². The van der Waals surface area contributed by atoms with Gasteiger partial charge in [0.1, 0.15) is 6.54 Å². The molecule has 2 heterocycles. The highest BCUT2D eigenvalue weighted by molar-refractivity contribution is 5.98. The Hall–Kier alpha value is -2.84. The molecule has 25 heavy (non-hydrogen) atoms. The van der Waals surface area contributed by atoms with Gasteiger partial charge in [-0.25, -0.2) is 0 Å². The maximum atomic E-state index is 13.1. The zero-order valence-electron chi connectivity index (χ0n) is 12.8. The number of carboxylic acid groups (broad SMARTS) is 1. The van der Waals surface area contributed by atoms with Gasteiger partial charge in [0, 0.05) is 23.2 Å². The van der Waals surface area contributed by atoms with Crippen molar-refractivity contribution < 1.29 is 27.9 Å². The van der Waals surface area contributed by atoms with Crippen molar-refractivity contribution in [1.82, 2.24) is 15.1 Å². The first-order valence-corrected chi connectivity index (χ1v) is 7.45. The molecule has 0 fully saturated rings. The average Bonchev–Trinajstić information content (AvgIpc) is 3.04. The fourth-order valence-electron chi connectivity index (χ4n) is 3.29. The third kappa shape index (κ3) is 3.35. The number of aromatic nitrogens is 2. The molecule has 0 aliphatic carbocycles. The Kier molecular flexibility index (Phi) is 4.23. The molecular weight excluding hydrogens is 339 g/mol. The van der Waals surface area contributed by atoms with Crippen LogP contribution in [0.1, 0.15) is 39.9 Å². The number of H-pyrrole nitrogens is 1. The number of benzene rings is 1. The van der Waals surface area contributed by atoms with E-state index < -0.39 is 43.0 Å². The second-order valence-electron chi connectivity index (χ2n) is 5.82. The van der Waals surface area contributed by atoms with Crippen LogP contribution in [0.5, 0.6) is 0 Å². The minimum absolute atomic E-state index is 0.0951. The Bertz CT molecular complexity index is 789. The van der Waals surface area contributed by atoms with E-state index in [4.69, 9.17) is 0 Å². The number of fused-ring (bicyclic) bond motifs is 1. The Balaban J connectivity index is 2.16. The molecule has 2 N–H and O–H groups in total. The minimum Gasteiger partial charge on any atom is -0.481 e. The van der Waals surface area contributed by atoms with Gasteiger partial charge in [-0.3, -0.25) is 14.7 Å². The van der Waals surface area contributed by atoms with Crippen LogP contribution >= 0.6 is 0 Å². The number of amides is 1. The molecule has 0 spiro atoms. The van der Waals surface area contributed by atoms with E-state index in [9.17, 15) is 27.9 Å². The quantitative estimate of drug-likeness (QED) is 0.885. The zero-order chi connectivity index (χ0) is 18.2. The van der Waals surface area contributed by atoms with Crippen molar-refractivity contribution in [2.45, 2.75) is 24.6 Å². The van der Waals surface area contributed by atoms with Crippen molar-refractivity contribution in [2.24, 2.45) is 0 Å². The molecule has 9 heteroatoms. The Morgan fingerprint density at radius 3 is 2.64 bits per heavy atom. The van der Waals surface area contributed by atoms with E-state index in [-0.39, 0.29) is 5.56 Å². The molecule has 2 aromatic rings. The fraction of sp³-hybridized carbons (Fsp3) is 0.312. The fourth-order valence-corrected chi connectivity index (χ4v) is 3.29. The number of aromatic amines is 1. The minimum atomic E-state index is -4.61. The van der Waals surface area contributed by atoms with E-state index in [0.717, 1.165) is 0 Å². The molecule has 132 valence electrons. The number of carbonyl (C=O) groups is 2. The molecule has 2 atom stereocenters. The molecule has 0 bridgehead atoms. The number of rotatable bonds is 4. The zero-order valence-corrected chi connectivity index (χ0v) is 12.8. The van der Waals surface area contributed by atoms with Gasteiger partial charge in [-0.2, -0.15) is 18.3 Å². The molecular formula is C16H14F3N3O3. The number of carbonyl (C=O) groups excluding carboxylic acids is 1. The Morgan fingerprint density at radius 2 is 2.04 bits per heavy atom. The number of nitrogens with one attached hydrogen (secondary N) is 1. The van der Waals surface area contributed by atoms with Crippen molar-refractivity contribution in [2.75, 3.05) is 6.54 Å². The molecule has 1 aliphatic rings. The lowest BCUT2D eigenvalue weighted by molar-refractivity contribution is -0.147. The van der Waals surface area contributed by atoms with Crippen molar-refractivity contribution >= 4 is 11.9 Å². The van der Waals surface area contributed by atoms with Gasteiger partial charge in [0.15, 0.2) is 0 Å². The van der Waals surface area contributed by atoms with Gasteiger partial charge in [-0.15, -0.1) is 0 Å². The van der Waals surface area contributed by atoms with Gasteiger partial charge in [-0.1, -0.05) is 18.2 Å². The van der Waals surface area contributed by atoms with Crippen LogP contribution in [0.3, 0.4) is 0 Å². The maximum absolute atomic E-state index is 13.1. The summed E-state index contributed by atoms with van der Waals surface area (Å²) in [6, 6.07) is 5.10. The van der Waals surface area contributed by atoms with Crippen LogP contribution in [0.25, 0.3) is 0 Å². The average molecular weight is 353 g/mol. The van der Waals surface area contributed by atoms with Crippen LogP contribution in [-0.4, -0.2) is 44.8 Å². The summed E-state index contributed by atoms with van der Waals surface area (Å²) in [6.07, 6.45) is -2.33. The first kappa shape index (κ1) is 17.0. The van der Waals surface area contributed by atoms with Gasteiger partial charge in [0.2, 0.25) is 0 Å². The Labute approximate surface area is 140 Å². The molecule has 2 unspecified atom stereocenters. The predicted molar refractivity (Wildman–Crippen MR) is 79.9 cm³/mol. The van der Waals surface area contributed by atoms with Gasteiger partial charge < -0.3 is 10.0 Å². The predicted octanol–water partition coefficient (Wildman–Crippen LogP) is 2.73. The number of halogens is 3. The Morgan fingerprint density at radius 1 is 1.32 bits per heavy atom. The first-order valence-electron chi connectivity index (χ1n) is 7.45. The van der Waals surface area contributed by atoms with Crippen molar-refractivity contribution in [1.29, 1.82) is 0 Å². The second kappa shape index (κ2) is 6.23. The summed E-state index contributed by atoms with van der Waals surface area (Å²) in [6.45, 7) is -1.47. The van der Waals surface area contributed by atoms with E-state index in [1.807, 2.05) is 0 Å². The highest BCUT2D eigenvalue weighted by Gasteiger charge is 2.45. The molecule has 0 saturated carbocycles. The summed E-state index contributed by atoms with van der Waals surface area (Å²) < 4.78 is 39.2. The van der Waals surface area contributed by atoms with Crippen LogP contribution in [-0.2, 0) is 4.79 Å². The molecule has 1 aliphatic heterocycles. The normalized spacial score (nSPS) is 20.4. The van der Waals surface area contributed by atoms with E-state index >= 15 is 0 Å². The van der Waals surface area contributed by atoms with Crippen LogP contribution in [0.4, 0.5) is 13.2 Å². The van der Waals surface area contributed by atoms with Crippen molar-refractivity contribution in [3.8, 4) is 0 Å².